The lowest BCUT2D eigenvalue weighted by Crippen LogP contribution is -2.30. The SMILES string of the molecule is Cc1ccccc1Cn1nc(C)c(NC(=S)NCCc2ccccc2)c1C. The monoisotopic (exact) mass is 378 g/mol. The molecule has 1 aromatic heterocycles. The summed E-state index contributed by atoms with van der Waals surface area (Å²) >= 11 is 5.47. The number of benzene rings is 2. The van der Waals surface area contributed by atoms with Crippen LogP contribution in [-0.4, -0.2) is 21.4 Å². The van der Waals surface area contributed by atoms with Gasteiger partial charge < -0.3 is 10.6 Å². The number of nitrogens with zero attached hydrogens (tertiary/aromatic N) is 2. The molecule has 4 nitrogen and oxygen atoms in total. The average molecular weight is 379 g/mol. The summed E-state index contributed by atoms with van der Waals surface area (Å²) in [5.74, 6) is 0. The summed E-state index contributed by atoms with van der Waals surface area (Å²) in [5, 5.41) is 11.9. The highest BCUT2D eigenvalue weighted by Gasteiger charge is 2.13. The minimum absolute atomic E-state index is 0.632. The van der Waals surface area contributed by atoms with Gasteiger partial charge in [0.1, 0.15) is 0 Å². The minimum Gasteiger partial charge on any atom is -0.362 e. The molecule has 2 N–H and O–H groups in total. The van der Waals surface area contributed by atoms with Crippen LogP contribution in [0.4, 0.5) is 5.69 Å². The molecule has 1 heterocycles. The van der Waals surface area contributed by atoms with E-state index in [1.54, 1.807) is 0 Å². The maximum Gasteiger partial charge on any atom is 0.170 e. The lowest BCUT2D eigenvalue weighted by Gasteiger charge is -2.12. The molecule has 0 fully saturated rings. The molecule has 5 heteroatoms. The first-order valence-electron chi connectivity index (χ1n) is 9.22. The van der Waals surface area contributed by atoms with E-state index in [1.807, 2.05) is 17.7 Å². The van der Waals surface area contributed by atoms with E-state index >= 15 is 0 Å². The van der Waals surface area contributed by atoms with Crippen molar-refractivity contribution in [3.63, 3.8) is 0 Å². The van der Waals surface area contributed by atoms with Gasteiger partial charge >= 0.3 is 0 Å². The fourth-order valence-corrected chi connectivity index (χ4v) is 3.31. The van der Waals surface area contributed by atoms with Gasteiger partial charge in [0.25, 0.3) is 0 Å². The van der Waals surface area contributed by atoms with Crippen molar-refractivity contribution in [1.82, 2.24) is 15.1 Å². The molecule has 27 heavy (non-hydrogen) atoms. The van der Waals surface area contributed by atoms with Gasteiger partial charge in [0.2, 0.25) is 0 Å². The Hall–Kier alpha value is -2.66. The van der Waals surface area contributed by atoms with Crippen LogP contribution in [-0.2, 0) is 13.0 Å². The van der Waals surface area contributed by atoms with Crippen LogP contribution in [0.1, 0.15) is 28.1 Å². The largest absolute Gasteiger partial charge is 0.362 e. The first kappa shape index (κ1) is 19.1. The highest BCUT2D eigenvalue weighted by Crippen LogP contribution is 2.21. The highest BCUT2D eigenvalue weighted by molar-refractivity contribution is 7.80. The Labute approximate surface area is 166 Å². The van der Waals surface area contributed by atoms with E-state index in [4.69, 9.17) is 17.3 Å². The van der Waals surface area contributed by atoms with Gasteiger partial charge in [0.05, 0.1) is 23.6 Å². The second-order valence-electron chi connectivity index (χ2n) is 6.75. The fourth-order valence-electron chi connectivity index (χ4n) is 3.10. The van der Waals surface area contributed by atoms with E-state index in [0.29, 0.717) is 5.11 Å². The standard InChI is InChI=1S/C22H26N4S/c1-16-9-7-8-12-20(16)15-26-18(3)21(17(2)25-26)24-22(27)23-14-13-19-10-5-4-6-11-19/h4-12H,13-15H2,1-3H3,(H2,23,24,27). The Morgan fingerprint density at radius 3 is 2.44 bits per heavy atom. The molecular formula is C22H26N4S. The van der Waals surface area contributed by atoms with Crippen molar-refractivity contribution in [3.05, 3.63) is 82.7 Å². The molecule has 0 atom stereocenters. The van der Waals surface area contributed by atoms with Gasteiger partial charge in [-0.05, 0) is 56.1 Å². The van der Waals surface area contributed by atoms with Crippen LogP contribution in [0.2, 0.25) is 0 Å². The number of rotatable bonds is 6. The summed E-state index contributed by atoms with van der Waals surface area (Å²) in [6, 6.07) is 18.8. The first-order chi connectivity index (χ1) is 13.0. The summed E-state index contributed by atoms with van der Waals surface area (Å²) in [6.07, 6.45) is 0.938. The normalized spacial score (nSPS) is 10.6. The quantitative estimate of drug-likeness (QED) is 0.625. The number of nitrogens with one attached hydrogen (secondary N) is 2. The Balaban J connectivity index is 1.60. The smallest absolute Gasteiger partial charge is 0.170 e. The van der Waals surface area contributed by atoms with Crippen molar-refractivity contribution in [3.8, 4) is 0 Å². The Bertz CT molecular complexity index is 915. The average Bonchev–Trinajstić information content (AvgIpc) is 2.92. The first-order valence-corrected chi connectivity index (χ1v) is 9.62. The van der Waals surface area contributed by atoms with Crippen LogP contribution in [0.5, 0.6) is 0 Å². The van der Waals surface area contributed by atoms with Crippen molar-refractivity contribution in [1.29, 1.82) is 0 Å². The predicted molar refractivity (Wildman–Crippen MR) is 116 cm³/mol. The Morgan fingerprint density at radius 1 is 1.00 bits per heavy atom. The van der Waals surface area contributed by atoms with Crippen LogP contribution in [0.3, 0.4) is 0 Å². The topological polar surface area (TPSA) is 41.9 Å². The van der Waals surface area contributed by atoms with Gasteiger partial charge in [-0.1, -0.05) is 54.6 Å². The van der Waals surface area contributed by atoms with Crippen molar-refractivity contribution < 1.29 is 0 Å². The van der Waals surface area contributed by atoms with E-state index in [0.717, 1.165) is 36.6 Å². The molecule has 0 spiro atoms. The number of thiocarbonyl (C=S) groups is 1. The molecule has 3 rings (SSSR count). The van der Waals surface area contributed by atoms with Crippen LogP contribution >= 0.6 is 12.2 Å². The van der Waals surface area contributed by atoms with Gasteiger partial charge in [-0.25, -0.2) is 0 Å². The minimum atomic E-state index is 0.632. The van der Waals surface area contributed by atoms with Crippen molar-refractivity contribution >= 4 is 23.0 Å². The van der Waals surface area contributed by atoms with E-state index in [1.165, 1.54) is 16.7 Å². The van der Waals surface area contributed by atoms with Gasteiger partial charge in [-0.15, -0.1) is 0 Å². The Morgan fingerprint density at radius 2 is 1.70 bits per heavy atom. The zero-order valence-electron chi connectivity index (χ0n) is 16.1. The number of anilines is 1. The van der Waals surface area contributed by atoms with E-state index in [9.17, 15) is 0 Å². The van der Waals surface area contributed by atoms with E-state index < -0.39 is 0 Å². The summed E-state index contributed by atoms with van der Waals surface area (Å²) < 4.78 is 2.03. The number of aryl methyl sites for hydroxylation is 2. The van der Waals surface area contributed by atoms with Crippen molar-refractivity contribution in [2.24, 2.45) is 0 Å². The van der Waals surface area contributed by atoms with Crippen LogP contribution in [0, 0.1) is 20.8 Å². The molecule has 0 aliphatic rings. The lowest BCUT2D eigenvalue weighted by atomic mass is 10.1. The summed E-state index contributed by atoms with van der Waals surface area (Å²) in [7, 11) is 0. The zero-order valence-corrected chi connectivity index (χ0v) is 16.9. The third-order valence-electron chi connectivity index (χ3n) is 4.74. The van der Waals surface area contributed by atoms with Gasteiger partial charge in [-0.3, -0.25) is 4.68 Å². The van der Waals surface area contributed by atoms with E-state index in [2.05, 4.69) is 73.0 Å². The molecule has 0 amide bonds. The molecule has 0 aliphatic heterocycles. The molecule has 0 saturated carbocycles. The molecule has 0 aliphatic carbocycles. The molecule has 2 aromatic carbocycles. The van der Waals surface area contributed by atoms with Gasteiger partial charge in [-0.2, -0.15) is 5.10 Å². The summed E-state index contributed by atoms with van der Waals surface area (Å²) in [5.41, 5.74) is 6.87. The molecule has 0 bridgehead atoms. The van der Waals surface area contributed by atoms with Gasteiger partial charge in [0, 0.05) is 6.54 Å². The highest BCUT2D eigenvalue weighted by atomic mass is 32.1. The Kier molecular flexibility index (Phi) is 6.24. The third-order valence-corrected chi connectivity index (χ3v) is 4.99. The molecule has 0 radical (unpaired) electrons. The summed E-state index contributed by atoms with van der Waals surface area (Å²) in [6.45, 7) is 7.77. The second-order valence-corrected chi connectivity index (χ2v) is 7.15. The molecular weight excluding hydrogens is 352 g/mol. The number of hydrogen-bond donors (Lipinski definition) is 2. The number of aromatic nitrogens is 2. The van der Waals surface area contributed by atoms with E-state index in [-0.39, 0.29) is 0 Å². The zero-order chi connectivity index (χ0) is 19.2. The lowest BCUT2D eigenvalue weighted by molar-refractivity contribution is 0.657. The maximum atomic E-state index is 5.47. The van der Waals surface area contributed by atoms with Crippen LogP contribution in [0.25, 0.3) is 0 Å². The van der Waals surface area contributed by atoms with Crippen molar-refractivity contribution in [2.75, 3.05) is 11.9 Å². The third kappa shape index (κ3) is 4.95. The second kappa shape index (κ2) is 8.82. The van der Waals surface area contributed by atoms with Crippen LogP contribution in [0.15, 0.2) is 54.6 Å². The molecule has 0 unspecified atom stereocenters. The predicted octanol–water partition coefficient (Wildman–Crippen LogP) is 4.39. The molecule has 0 saturated heterocycles. The fraction of sp³-hybridized carbons (Fsp3) is 0.273. The van der Waals surface area contributed by atoms with Crippen molar-refractivity contribution in [2.45, 2.75) is 33.7 Å². The summed E-state index contributed by atoms with van der Waals surface area (Å²) in [4.78, 5) is 0. The van der Waals surface area contributed by atoms with Gasteiger partial charge in [0.15, 0.2) is 5.11 Å². The molecule has 140 valence electrons. The van der Waals surface area contributed by atoms with Crippen LogP contribution < -0.4 is 10.6 Å². The number of hydrogen-bond acceptors (Lipinski definition) is 2. The molecule has 3 aromatic rings. The maximum absolute atomic E-state index is 5.47.